The Hall–Kier alpha value is 0.230. The van der Waals surface area contributed by atoms with Crippen molar-refractivity contribution in [3.8, 4) is 0 Å². The van der Waals surface area contributed by atoms with Gasteiger partial charge in [0.1, 0.15) is 0 Å². The molecule has 0 aromatic rings. The molecule has 3 N–H and O–H groups in total. The van der Waals surface area contributed by atoms with Crippen LogP contribution in [0.3, 0.4) is 0 Å². The largest absolute Gasteiger partial charge is 0.375 e. The second-order valence-corrected chi connectivity index (χ2v) is 6.15. The summed E-state index contributed by atoms with van der Waals surface area (Å²) in [5, 5.41) is 3.63. The van der Waals surface area contributed by atoms with Crippen LogP contribution in [-0.4, -0.2) is 42.8 Å². The third kappa shape index (κ3) is 3.36. The molecular weight excluding hydrogens is 220 g/mol. The normalized spacial score (nSPS) is 29.4. The van der Waals surface area contributed by atoms with Gasteiger partial charge in [0.05, 0.1) is 5.60 Å². The first kappa shape index (κ1) is 12.7. The van der Waals surface area contributed by atoms with Crippen molar-refractivity contribution in [2.45, 2.75) is 43.7 Å². The molecule has 16 heavy (non-hydrogen) atoms. The molecule has 0 radical (unpaired) electrons. The molecule has 0 amide bonds. The second kappa shape index (κ2) is 6.24. The molecule has 0 saturated carbocycles. The highest BCUT2D eigenvalue weighted by molar-refractivity contribution is 7.99. The molecule has 2 saturated heterocycles. The van der Waals surface area contributed by atoms with Gasteiger partial charge in [-0.2, -0.15) is 11.8 Å². The Bertz CT molecular complexity index is 202. The van der Waals surface area contributed by atoms with Crippen LogP contribution in [0.5, 0.6) is 0 Å². The van der Waals surface area contributed by atoms with Crippen LogP contribution >= 0.6 is 11.8 Å². The van der Waals surface area contributed by atoms with Crippen LogP contribution in [0.4, 0.5) is 0 Å². The molecule has 1 atom stereocenters. The highest BCUT2D eigenvalue weighted by Crippen LogP contribution is 2.37. The molecular formula is C12H24N2OS. The summed E-state index contributed by atoms with van der Waals surface area (Å²) in [6, 6.07) is 0.656. The average molecular weight is 244 g/mol. The highest BCUT2D eigenvalue weighted by atomic mass is 32.2. The number of nitrogens with one attached hydrogen (secondary N) is 1. The Balaban J connectivity index is 1.78. The molecule has 1 spiro atoms. The van der Waals surface area contributed by atoms with E-state index in [2.05, 4.69) is 17.1 Å². The fourth-order valence-corrected chi connectivity index (χ4v) is 3.94. The topological polar surface area (TPSA) is 47.3 Å². The Morgan fingerprint density at radius 2 is 2.19 bits per heavy atom. The van der Waals surface area contributed by atoms with E-state index in [1.807, 2.05) is 0 Å². The van der Waals surface area contributed by atoms with E-state index in [-0.39, 0.29) is 5.60 Å². The first-order valence-electron chi connectivity index (χ1n) is 6.50. The Labute approximate surface area is 103 Å². The van der Waals surface area contributed by atoms with E-state index >= 15 is 0 Å². The van der Waals surface area contributed by atoms with E-state index in [0.717, 1.165) is 26.1 Å². The number of hydrogen-bond acceptors (Lipinski definition) is 4. The van der Waals surface area contributed by atoms with E-state index in [1.54, 1.807) is 0 Å². The zero-order valence-electron chi connectivity index (χ0n) is 10.0. The zero-order chi connectivity index (χ0) is 11.3. The molecule has 0 aliphatic carbocycles. The number of hydrogen-bond donors (Lipinski definition) is 2. The molecule has 1 unspecified atom stereocenters. The smallest absolute Gasteiger partial charge is 0.0713 e. The van der Waals surface area contributed by atoms with Crippen molar-refractivity contribution in [3.63, 3.8) is 0 Å². The van der Waals surface area contributed by atoms with Crippen LogP contribution in [0.1, 0.15) is 32.1 Å². The Morgan fingerprint density at radius 3 is 2.94 bits per heavy atom. The van der Waals surface area contributed by atoms with Crippen LogP contribution in [-0.2, 0) is 4.74 Å². The quantitative estimate of drug-likeness (QED) is 0.733. The number of nitrogens with two attached hydrogens (primary N) is 1. The SMILES string of the molecule is NCCCNC1CCOC2(CCSCC2)C1. The van der Waals surface area contributed by atoms with Crippen molar-refractivity contribution in [2.24, 2.45) is 5.73 Å². The number of rotatable bonds is 4. The lowest BCUT2D eigenvalue weighted by Gasteiger charge is -2.43. The summed E-state index contributed by atoms with van der Waals surface area (Å²) in [5.74, 6) is 2.55. The third-order valence-corrected chi connectivity index (χ3v) is 4.70. The maximum atomic E-state index is 6.06. The van der Waals surface area contributed by atoms with Gasteiger partial charge in [0, 0.05) is 12.6 Å². The molecule has 2 aliphatic heterocycles. The summed E-state index contributed by atoms with van der Waals surface area (Å²) in [6.07, 6.45) is 5.94. The molecule has 4 heteroatoms. The molecule has 0 aromatic carbocycles. The van der Waals surface area contributed by atoms with Crippen molar-refractivity contribution in [2.75, 3.05) is 31.2 Å². The van der Waals surface area contributed by atoms with Gasteiger partial charge in [-0.05, 0) is 56.7 Å². The van der Waals surface area contributed by atoms with E-state index in [4.69, 9.17) is 10.5 Å². The van der Waals surface area contributed by atoms with Gasteiger partial charge < -0.3 is 15.8 Å². The van der Waals surface area contributed by atoms with E-state index in [1.165, 1.54) is 37.2 Å². The minimum Gasteiger partial charge on any atom is -0.375 e. The van der Waals surface area contributed by atoms with Gasteiger partial charge in [-0.15, -0.1) is 0 Å². The minimum atomic E-state index is 0.212. The van der Waals surface area contributed by atoms with Crippen molar-refractivity contribution in [1.29, 1.82) is 0 Å². The fraction of sp³-hybridized carbons (Fsp3) is 1.00. The van der Waals surface area contributed by atoms with E-state index in [9.17, 15) is 0 Å². The molecule has 0 aromatic heterocycles. The van der Waals surface area contributed by atoms with Crippen molar-refractivity contribution in [1.82, 2.24) is 5.32 Å². The van der Waals surface area contributed by atoms with Crippen molar-refractivity contribution >= 4 is 11.8 Å². The molecule has 0 bridgehead atoms. The summed E-state index contributed by atoms with van der Waals surface area (Å²) in [7, 11) is 0. The molecule has 3 nitrogen and oxygen atoms in total. The predicted octanol–water partition coefficient (Wildman–Crippen LogP) is 1.37. The lowest BCUT2D eigenvalue weighted by atomic mass is 9.85. The summed E-state index contributed by atoms with van der Waals surface area (Å²) >= 11 is 2.07. The van der Waals surface area contributed by atoms with Crippen LogP contribution in [0, 0.1) is 0 Å². The highest BCUT2D eigenvalue weighted by Gasteiger charge is 2.38. The van der Waals surface area contributed by atoms with Crippen LogP contribution in [0.25, 0.3) is 0 Å². The van der Waals surface area contributed by atoms with Crippen molar-refractivity contribution < 1.29 is 4.74 Å². The Morgan fingerprint density at radius 1 is 1.38 bits per heavy atom. The van der Waals surface area contributed by atoms with Crippen molar-refractivity contribution in [3.05, 3.63) is 0 Å². The lowest BCUT2D eigenvalue weighted by Crippen LogP contribution is -2.49. The molecule has 2 aliphatic rings. The second-order valence-electron chi connectivity index (χ2n) is 4.93. The van der Waals surface area contributed by atoms with Gasteiger partial charge in [0.25, 0.3) is 0 Å². The van der Waals surface area contributed by atoms with Gasteiger partial charge in [0.15, 0.2) is 0 Å². The third-order valence-electron chi connectivity index (χ3n) is 3.71. The fourth-order valence-electron chi connectivity index (χ4n) is 2.70. The maximum Gasteiger partial charge on any atom is 0.0713 e. The Kier molecular flexibility index (Phi) is 4.95. The average Bonchev–Trinajstić information content (AvgIpc) is 2.31. The summed E-state index contributed by atoms with van der Waals surface area (Å²) in [4.78, 5) is 0. The van der Waals surface area contributed by atoms with Crippen LogP contribution in [0.2, 0.25) is 0 Å². The monoisotopic (exact) mass is 244 g/mol. The van der Waals surface area contributed by atoms with Gasteiger partial charge in [-0.3, -0.25) is 0 Å². The van der Waals surface area contributed by atoms with Gasteiger partial charge in [-0.25, -0.2) is 0 Å². The molecule has 2 heterocycles. The standard InChI is InChI=1S/C12H24N2OS/c13-5-1-6-14-11-2-7-15-12(10-11)3-8-16-9-4-12/h11,14H,1-10,13H2. The lowest BCUT2D eigenvalue weighted by molar-refractivity contribution is -0.0930. The molecule has 2 fully saturated rings. The maximum absolute atomic E-state index is 6.06. The predicted molar refractivity (Wildman–Crippen MR) is 69.9 cm³/mol. The van der Waals surface area contributed by atoms with Gasteiger partial charge in [0.2, 0.25) is 0 Å². The first-order chi connectivity index (χ1) is 7.85. The first-order valence-corrected chi connectivity index (χ1v) is 7.65. The van der Waals surface area contributed by atoms with Crippen LogP contribution < -0.4 is 11.1 Å². The van der Waals surface area contributed by atoms with Gasteiger partial charge >= 0.3 is 0 Å². The van der Waals surface area contributed by atoms with E-state index < -0.39 is 0 Å². The number of ether oxygens (including phenoxy) is 1. The van der Waals surface area contributed by atoms with Gasteiger partial charge in [-0.1, -0.05) is 0 Å². The summed E-state index contributed by atoms with van der Waals surface area (Å²) in [6.45, 7) is 2.79. The summed E-state index contributed by atoms with van der Waals surface area (Å²) < 4.78 is 6.06. The molecule has 94 valence electrons. The minimum absolute atomic E-state index is 0.212. The van der Waals surface area contributed by atoms with E-state index in [0.29, 0.717) is 6.04 Å². The zero-order valence-corrected chi connectivity index (χ0v) is 10.9. The summed E-state index contributed by atoms with van der Waals surface area (Å²) in [5.41, 5.74) is 5.73. The van der Waals surface area contributed by atoms with Crippen LogP contribution in [0.15, 0.2) is 0 Å². The number of thioether (sulfide) groups is 1. The molecule has 2 rings (SSSR count).